The largest absolute Gasteiger partial charge is 0.482 e. The van der Waals surface area contributed by atoms with Crippen LogP contribution in [0.3, 0.4) is 0 Å². The molecule has 0 aliphatic rings. The van der Waals surface area contributed by atoms with Gasteiger partial charge in [0.25, 0.3) is 5.91 Å². The molecule has 30 heavy (non-hydrogen) atoms. The van der Waals surface area contributed by atoms with Crippen molar-refractivity contribution in [2.24, 2.45) is 0 Å². The van der Waals surface area contributed by atoms with E-state index in [-0.39, 0.29) is 31.0 Å². The number of rotatable bonds is 10. The van der Waals surface area contributed by atoms with E-state index < -0.39 is 6.04 Å². The number of benzene rings is 2. The zero-order valence-corrected chi connectivity index (χ0v) is 19.0. The van der Waals surface area contributed by atoms with Crippen molar-refractivity contribution in [1.29, 1.82) is 0 Å². The SMILES string of the molecule is CC[C@H](C)NC(=O)[C@H](CC)N(Cc1ccccc1Cl)C(=O)COc1ccccc1Cl. The van der Waals surface area contributed by atoms with Gasteiger partial charge in [0, 0.05) is 17.6 Å². The predicted octanol–water partition coefficient (Wildman–Crippen LogP) is 5.09. The summed E-state index contributed by atoms with van der Waals surface area (Å²) < 4.78 is 5.64. The molecule has 0 spiro atoms. The Hall–Kier alpha value is -2.24. The Morgan fingerprint density at radius 3 is 2.23 bits per heavy atom. The quantitative estimate of drug-likeness (QED) is 0.547. The number of amides is 2. The number of ether oxygens (including phenoxy) is 1. The normalized spacial score (nSPS) is 12.7. The second-order valence-electron chi connectivity index (χ2n) is 7.07. The maximum Gasteiger partial charge on any atom is 0.261 e. The fourth-order valence-electron chi connectivity index (χ4n) is 2.95. The highest BCUT2D eigenvalue weighted by Crippen LogP contribution is 2.24. The van der Waals surface area contributed by atoms with Gasteiger partial charge in [0.1, 0.15) is 11.8 Å². The Morgan fingerprint density at radius 1 is 1.00 bits per heavy atom. The highest BCUT2D eigenvalue weighted by molar-refractivity contribution is 6.32. The van der Waals surface area contributed by atoms with Crippen LogP contribution < -0.4 is 10.1 Å². The third-order valence-corrected chi connectivity index (χ3v) is 5.55. The van der Waals surface area contributed by atoms with Crippen LogP contribution in [0.5, 0.6) is 5.75 Å². The molecule has 0 heterocycles. The van der Waals surface area contributed by atoms with Crippen molar-refractivity contribution in [3.05, 3.63) is 64.1 Å². The molecule has 5 nitrogen and oxygen atoms in total. The van der Waals surface area contributed by atoms with Crippen molar-refractivity contribution in [1.82, 2.24) is 10.2 Å². The summed E-state index contributed by atoms with van der Waals surface area (Å²) in [6.45, 7) is 5.78. The summed E-state index contributed by atoms with van der Waals surface area (Å²) in [6, 6.07) is 13.6. The highest BCUT2D eigenvalue weighted by atomic mass is 35.5. The Morgan fingerprint density at radius 2 is 1.63 bits per heavy atom. The first-order valence-corrected chi connectivity index (χ1v) is 10.8. The molecule has 0 aliphatic heterocycles. The molecular formula is C23H28Cl2N2O3. The number of carbonyl (C=O) groups is 2. The van der Waals surface area contributed by atoms with Crippen molar-refractivity contribution in [2.75, 3.05) is 6.61 Å². The van der Waals surface area contributed by atoms with E-state index >= 15 is 0 Å². The van der Waals surface area contributed by atoms with Crippen molar-refractivity contribution in [3.63, 3.8) is 0 Å². The zero-order valence-electron chi connectivity index (χ0n) is 17.5. The predicted molar refractivity (Wildman–Crippen MR) is 121 cm³/mol. The van der Waals surface area contributed by atoms with Gasteiger partial charge in [0.15, 0.2) is 6.61 Å². The maximum absolute atomic E-state index is 13.1. The summed E-state index contributed by atoms with van der Waals surface area (Å²) in [6.07, 6.45) is 1.26. The molecule has 0 unspecified atom stereocenters. The lowest BCUT2D eigenvalue weighted by Gasteiger charge is -2.31. The number of nitrogens with one attached hydrogen (secondary N) is 1. The van der Waals surface area contributed by atoms with E-state index in [1.807, 2.05) is 39.0 Å². The van der Waals surface area contributed by atoms with Gasteiger partial charge in [-0.15, -0.1) is 0 Å². The van der Waals surface area contributed by atoms with Gasteiger partial charge in [0.2, 0.25) is 5.91 Å². The van der Waals surface area contributed by atoms with E-state index in [1.165, 1.54) is 4.90 Å². The van der Waals surface area contributed by atoms with Crippen LogP contribution in [0.15, 0.2) is 48.5 Å². The van der Waals surface area contributed by atoms with E-state index in [9.17, 15) is 9.59 Å². The molecule has 2 amide bonds. The van der Waals surface area contributed by atoms with E-state index in [0.29, 0.717) is 22.2 Å². The number of hydrogen-bond acceptors (Lipinski definition) is 3. The van der Waals surface area contributed by atoms with Gasteiger partial charge in [-0.05, 0) is 43.5 Å². The molecule has 0 bridgehead atoms. The topological polar surface area (TPSA) is 58.6 Å². The molecule has 2 rings (SSSR count). The van der Waals surface area contributed by atoms with Crippen LogP contribution in [-0.4, -0.2) is 35.4 Å². The molecule has 7 heteroatoms. The van der Waals surface area contributed by atoms with Gasteiger partial charge < -0.3 is 15.0 Å². The minimum absolute atomic E-state index is 0.0168. The molecular weight excluding hydrogens is 423 g/mol. The zero-order chi connectivity index (χ0) is 22.1. The Bertz CT molecular complexity index is 860. The van der Waals surface area contributed by atoms with E-state index in [1.54, 1.807) is 30.3 Å². The number of para-hydroxylation sites is 1. The van der Waals surface area contributed by atoms with Crippen LogP contribution in [0.4, 0.5) is 0 Å². The number of hydrogen-bond donors (Lipinski definition) is 1. The summed E-state index contributed by atoms with van der Waals surface area (Å²) in [5, 5.41) is 3.93. The van der Waals surface area contributed by atoms with Crippen LogP contribution in [0, 0.1) is 0 Å². The van der Waals surface area contributed by atoms with Crippen LogP contribution in [0.25, 0.3) is 0 Å². The Kier molecular flexibility index (Phi) is 9.47. The molecule has 2 aromatic rings. The molecule has 0 fully saturated rings. The molecule has 2 aromatic carbocycles. The molecule has 1 N–H and O–H groups in total. The summed E-state index contributed by atoms with van der Waals surface area (Å²) in [7, 11) is 0. The minimum Gasteiger partial charge on any atom is -0.482 e. The second-order valence-corrected chi connectivity index (χ2v) is 7.89. The molecule has 0 saturated carbocycles. The standard InChI is InChI=1S/C23H28Cl2N2O3/c1-4-16(3)26-23(29)20(5-2)27(14-17-10-6-7-11-18(17)24)22(28)15-30-21-13-9-8-12-19(21)25/h6-13,16,20H,4-5,14-15H2,1-3H3,(H,26,29)/t16-,20-/m0/s1. The van der Waals surface area contributed by atoms with Gasteiger partial charge in [-0.1, -0.05) is 67.4 Å². The Balaban J connectivity index is 2.24. The average Bonchev–Trinajstić information content (AvgIpc) is 2.74. The highest BCUT2D eigenvalue weighted by Gasteiger charge is 2.30. The first-order chi connectivity index (χ1) is 14.4. The van der Waals surface area contributed by atoms with Crippen molar-refractivity contribution in [2.45, 2.75) is 52.2 Å². The van der Waals surface area contributed by atoms with E-state index in [0.717, 1.165) is 12.0 Å². The number of halogens is 2. The van der Waals surface area contributed by atoms with E-state index in [2.05, 4.69) is 5.32 Å². The van der Waals surface area contributed by atoms with Gasteiger partial charge in [-0.3, -0.25) is 9.59 Å². The average molecular weight is 451 g/mol. The third kappa shape index (κ3) is 6.64. The lowest BCUT2D eigenvalue weighted by molar-refractivity contribution is -0.143. The lowest BCUT2D eigenvalue weighted by atomic mass is 10.1. The monoisotopic (exact) mass is 450 g/mol. The smallest absolute Gasteiger partial charge is 0.261 e. The van der Waals surface area contributed by atoms with Crippen LogP contribution in [0.1, 0.15) is 39.2 Å². The Labute approximate surface area is 188 Å². The summed E-state index contributed by atoms with van der Waals surface area (Å²) in [5.74, 6) is -0.0895. The molecule has 2 atom stereocenters. The molecule has 0 radical (unpaired) electrons. The number of nitrogens with zero attached hydrogens (tertiary/aromatic N) is 1. The van der Waals surface area contributed by atoms with Crippen LogP contribution in [-0.2, 0) is 16.1 Å². The first kappa shape index (κ1) is 24.0. The first-order valence-electron chi connectivity index (χ1n) is 10.1. The fourth-order valence-corrected chi connectivity index (χ4v) is 3.34. The summed E-state index contributed by atoms with van der Waals surface area (Å²) in [5.41, 5.74) is 0.764. The minimum atomic E-state index is -0.641. The van der Waals surface area contributed by atoms with Crippen molar-refractivity contribution in [3.8, 4) is 5.75 Å². The van der Waals surface area contributed by atoms with Gasteiger partial charge >= 0.3 is 0 Å². The number of carbonyl (C=O) groups excluding carboxylic acids is 2. The maximum atomic E-state index is 13.1. The van der Waals surface area contributed by atoms with Crippen molar-refractivity contribution >= 4 is 35.0 Å². The van der Waals surface area contributed by atoms with E-state index in [4.69, 9.17) is 27.9 Å². The van der Waals surface area contributed by atoms with Crippen molar-refractivity contribution < 1.29 is 14.3 Å². The molecule has 0 aliphatic carbocycles. The van der Waals surface area contributed by atoms with Gasteiger partial charge in [0.05, 0.1) is 5.02 Å². The second kappa shape index (κ2) is 11.8. The molecule has 0 aromatic heterocycles. The lowest BCUT2D eigenvalue weighted by Crippen LogP contribution is -2.51. The van der Waals surface area contributed by atoms with Crippen LogP contribution >= 0.6 is 23.2 Å². The van der Waals surface area contributed by atoms with Gasteiger partial charge in [-0.2, -0.15) is 0 Å². The summed E-state index contributed by atoms with van der Waals surface area (Å²) in [4.78, 5) is 27.6. The van der Waals surface area contributed by atoms with Crippen LogP contribution in [0.2, 0.25) is 10.0 Å². The third-order valence-electron chi connectivity index (χ3n) is 4.87. The molecule has 0 saturated heterocycles. The molecule has 162 valence electrons. The van der Waals surface area contributed by atoms with Gasteiger partial charge in [-0.25, -0.2) is 0 Å². The summed E-state index contributed by atoms with van der Waals surface area (Å²) >= 11 is 12.4. The fraction of sp³-hybridized carbons (Fsp3) is 0.391.